The van der Waals surface area contributed by atoms with E-state index >= 15 is 0 Å². The van der Waals surface area contributed by atoms with Crippen molar-refractivity contribution < 1.29 is 9.90 Å². The fourth-order valence-corrected chi connectivity index (χ4v) is 4.89. The summed E-state index contributed by atoms with van der Waals surface area (Å²) in [5.41, 5.74) is -0.269. The molecule has 1 amide bonds. The molecule has 0 aromatic carbocycles. The van der Waals surface area contributed by atoms with Gasteiger partial charge in [-0.1, -0.05) is 72.6 Å². The molecule has 1 rings (SSSR count). The van der Waals surface area contributed by atoms with Crippen LogP contribution in [-0.4, -0.2) is 40.3 Å². The van der Waals surface area contributed by atoms with E-state index in [1.165, 1.54) is 38.5 Å². The van der Waals surface area contributed by atoms with Crippen molar-refractivity contribution in [2.24, 2.45) is 0 Å². The van der Waals surface area contributed by atoms with Crippen LogP contribution in [0.2, 0.25) is 0 Å². The lowest BCUT2D eigenvalue weighted by Crippen LogP contribution is -2.65. The zero-order valence-corrected chi connectivity index (χ0v) is 17.2. The van der Waals surface area contributed by atoms with Crippen molar-refractivity contribution >= 4 is 6.09 Å². The van der Waals surface area contributed by atoms with Crippen molar-refractivity contribution in [3.8, 4) is 0 Å². The van der Waals surface area contributed by atoms with E-state index in [0.29, 0.717) is 0 Å². The summed E-state index contributed by atoms with van der Waals surface area (Å²) in [7, 11) is 0. The highest BCUT2D eigenvalue weighted by atomic mass is 16.4. The van der Waals surface area contributed by atoms with Crippen molar-refractivity contribution in [3.05, 3.63) is 0 Å². The van der Waals surface area contributed by atoms with Crippen molar-refractivity contribution in [3.63, 3.8) is 0 Å². The van der Waals surface area contributed by atoms with Crippen LogP contribution in [0, 0.1) is 0 Å². The predicted molar refractivity (Wildman–Crippen MR) is 106 cm³/mol. The van der Waals surface area contributed by atoms with Gasteiger partial charge in [0.25, 0.3) is 0 Å². The summed E-state index contributed by atoms with van der Waals surface area (Å²) in [4.78, 5) is 14.4. The van der Waals surface area contributed by atoms with Crippen LogP contribution < -0.4 is 5.32 Å². The number of amides is 1. The Hall–Kier alpha value is -0.770. The van der Waals surface area contributed by atoms with Gasteiger partial charge >= 0.3 is 6.09 Å². The maximum absolute atomic E-state index is 11.8. The van der Waals surface area contributed by atoms with Crippen molar-refractivity contribution in [1.29, 1.82) is 0 Å². The summed E-state index contributed by atoms with van der Waals surface area (Å²) in [5, 5.41) is 12.7. The first kappa shape index (κ1) is 22.3. The Morgan fingerprint density at radius 2 is 1.44 bits per heavy atom. The van der Waals surface area contributed by atoms with Crippen LogP contribution in [0.4, 0.5) is 4.79 Å². The monoisotopic (exact) mass is 354 g/mol. The minimum absolute atomic E-state index is 0.00174. The maximum atomic E-state index is 11.8. The molecule has 0 aromatic rings. The van der Waals surface area contributed by atoms with Gasteiger partial charge in [-0.15, -0.1) is 0 Å². The topological polar surface area (TPSA) is 52.6 Å². The molecule has 1 aliphatic rings. The molecule has 1 fully saturated rings. The Kier molecular flexibility index (Phi) is 9.84. The molecular formula is C21H42N2O2. The average molecular weight is 355 g/mol. The zero-order chi connectivity index (χ0) is 18.8. The number of hydrogen-bond acceptors (Lipinski definition) is 2. The van der Waals surface area contributed by atoms with E-state index in [0.717, 1.165) is 51.6 Å². The van der Waals surface area contributed by atoms with E-state index in [2.05, 4.69) is 37.9 Å². The van der Waals surface area contributed by atoms with Crippen LogP contribution in [0.15, 0.2) is 0 Å². The van der Waals surface area contributed by atoms with Crippen LogP contribution in [-0.2, 0) is 0 Å². The Labute approximate surface area is 155 Å². The first-order valence-corrected chi connectivity index (χ1v) is 10.8. The van der Waals surface area contributed by atoms with E-state index in [1.807, 2.05) is 0 Å². The second kappa shape index (κ2) is 11.1. The lowest BCUT2D eigenvalue weighted by atomic mass is 9.68. The normalized spacial score (nSPS) is 23.0. The van der Waals surface area contributed by atoms with Gasteiger partial charge in [-0.05, 0) is 38.6 Å². The number of unbranched alkanes of at least 4 members (excludes halogenated alkanes) is 4. The lowest BCUT2D eigenvalue weighted by molar-refractivity contribution is 0.0337. The maximum Gasteiger partial charge on any atom is 0.405 e. The molecule has 148 valence electrons. The molecule has 4 heteroatoms. The predicted octanol–water partition coefficient (Wildman–Crippen LogP) is 5.81. The number of rotatable bonds is 13. The largest absolute Gasteiger partial charge is 0.465 e. The highest BCUT2D eigenvalue weighted by Gasteiger charge is 2.58. The number of likely N-dealkylation sites (tertiary alicyclic amines) is 1. The molecular weight excluding hydrogens is 312 g/mol. The number of hydrogen-bond donors (Lipinski definition) is 2. The third-order valence-electron chi connectivity index (χ3n) is 6.28. The Morgan fingerprint density at radius 3 is 1.92 bits per heavy atom. The van der Waals surface area contributed by atoms with Gasteiger partial charge < -0.3 is 10.4 Å². The number of nitrogens with zero attached hydrogens (tertiary/aromatic N) is 1. The quantitative estimate of drug-likeness (QED) is 0.439. The van der Waals surface area contributed by atoms with Gasteiger partial charge in [-0.2, -0.15) is 0 Å². The van der Waals surface area contributed by atoms with Crippen molar-refractivity contribution in [1.82, 2.24) is 10.2 Å². The fourth-order valence-electron chi connectivity index (χ4n) is 4.89. The van der Waals surface area contributed by atoms with Gasteiger partial charge in [0.1, 0.15) is 0 Å². The first-order chi connectivity index (χ1) is 12.0. The molecule has 1 aliphatic heterocycles. The summed E-state index contributed by atoms with van der Waals surface area (Å²) < 4.78 is 0. The smallest absolute Gasteiger partial charge is 0.405 e. The summed E-state index contributed by atoms with van der Waals surface area (Å²) in [5.74, 6) is 0. The molecule has 0 bridgehead atoms. The third kappa shape index (κ3) is 5.35. The van der Waals surface area contributed by atoms with Gasteiger partial charge in [-0.25, -0.2) is 4.79 Å². The van der Waals surface area contributed by atoms with E-state index in [9.17, 15) is 9.90 Å². The molecule has 4 nitrogen and oxygen atoms in total. The fraction of sp³-hybridized carbons (Fsp3) is 0.952. The van der Waals surface area contributed by atoms with Gasteiger partial charge in [-0.3, -0.25) is 4.90 Å². The second-order valence-corrected chi connectivity index (χ2v) is 7.95. The molecule has 1 heterocycles. The highest BCUT2D eigenvalue weighted by Crippen LogP contribution is 2.48. The van der Waals surface area contributed by atoms with Crippen LogP contribution in [0.5, 0.6) is 0 Å². The Morgan fingerprint density at radius 1 is 0.920 bits per heavy atom. The Bertz CT molecular complexity index is 378. The number of carbonyl (C=O) groups is 1. The van der Waals surface area contributed by atoms with Gasteiger partial charge in [0, 0.05) is 12.1 Å². The molecule has 2 N–H and O–H groups in total. The van der Waals surface area contributed by atoms with Crippen LogP contribution >= 0.6 is 0 Å². The van der Waals surface area contributed by atoms with E-state index in [4.69, 9.17) is 0 Å². The molecule has 0 aliphatic carbocycles. The second-order valence-electron chi connectivity index (χ2n) is 7.95. The summed E-state index contributed by atoms with van der Waals surface area (Å²) in [6, 6.07) is 0. The van der Waals surface area contributed by atoms with Crippen LogP contribution in [0.25, 0.3) is 0 Å². The third-order valence-corrected chi connectivity index (χ3v) is 6.28. The number of carboxylic acid groups (broad SMARTS) is 1. The molecule has 0 aromatic heterocycles. The summed E-state index contributed by atoms with van der Waals surface area (Å²) in [6.07, 6.45) is 12.7. The molecule has 0 spiro atoms. The molecule has 0 unspecified atom stereocenters. The van der Waals surface area contributed by atoms with Crippen molar-refractivity contribution in [2.45, 2.75) is 116 Å². The minimum atomic E-state index is -0.842. The number of nitrogens with one attached hydrogen (secondary N) is 1. The van der Waals surface area contributed by atoms with E-state index < -0.39 is 6.09 Å². The van der Waals surface area contributed by atoms with Crippen LogP contribution in [0.1, 0.15) is 105 Å². The van der Waals surface area contributed by atoms with Crippen molar-refractivity contribution in [2.75, 3.05) is 13.1 Å². The average Bonchev–Trinajstić information content (AvgIpc) is 2.87. The Balaban J connectivity index is 3.26. The lowest BCUT2D eigenvalue weighted by Gasteiger charge is -2.51. The molecule has 0 radical (unpaired) electrons. The zero-order valence-electron chi connectivity index (χ0n) is 17.2. The first-order valence-electron chi connectivity index (χ1n) is 10.8. The standard InChI is InChI=1S/C21H42N2O2/c1-5-9-13-20(22-19(24)25)16-18-23(17-12-8-4)21(20,14-10-6-2)15-11-7-3/h22H,5-18H2,1-4H3,(H,24,25)/t20-/m0/s1. The molecule has 0 saturated carbocycles. The summed E-state index contributed by atoms with van der Waals surface area (Å²) in [6.45, 7) is 11.1. The van der Waals surface area contributed by atoms with E-state index in [-0.39, 0.29) is 11.1 Å². The van der Waals surface area contributed by atoms with Gasteiger partial charge in [0.2, 0.25) is 0 Å². The van der Waals surface area contributed by atoms with Gasteiger partial charge in [0.05, 0.1) is 5.54 Å². The highest BCUT2D eigenvalue weighted by molar-refractivity contribution is 5.66. The van der Waals surface area contributed by atoms with E-state index in [1.54, 1.807) is 0 Å². The molecule has 1 atom stereocenters. The van der Waals surface area contributed by atoms with Gasteiger partial charge in [0.15, 0.2) is 0 Å². The summed E-state index contributed by atoms with van der Waals surface area (Å²) >= 11 is 0. The molecule has 25 heavy (non-hydrogen) atoms. The minimum Gasteiger partial charge on any atom is -0.465 e. The SMILES string of the molecule is CCCCN1CC[C@](CCCC)(NC(=O)O)C1(CCCC)CCCC. The van der Waals surface area contributed by atoms with Crippen LogP contribution in [0.3, 0.4) is 0 Å². The molecule has 1 saturated heterocycles.